The SMILES string of the molecule is Cc1c(C(=O)N(C)C)nn2c1CN(c1nc(OC[C@@]34CCCN3C/C(=C\F)C4)nc3c1CO[C@H](c1cc(N)cc(F)c1C(F)(F)F)C3)CCC2. The van der Waals surface area contributed by atoms with Gasteiger partial charge in [-0.05, 0) is 62.4 Å². The van der Waals surface area contributed by atoms with Crippen molar-refractivity contribution in [1.29, 1.82) is 0 Å². The van der Waals surface area contributed by atoms with E-state index in [-0.39, 0.29) is 37.2 Å². The zero-order valence-electron chi connectivity index (χ0n) is 28.1. The van der Waals surface area contributed by atoms with Crippen LogP contribution in [0.25, 0.3) is 0 Å². The predicted molar refractivity (Wildman–Crippen MR) is 173 cm³/mol. The van der Waals surface area contributed by atoms with E-state index in [9.17, 15) is 26.7 Å². The van der Waals surface area contributed by atoms with Crippen molar-refractivity contribution in [2.45, 2.75) is 76.5 Å². The van der Waals surface area contributed by atoms with E-state index in [1.54, 1.807) is 14.1 Å². The minimum absolute atomic E-state index is 0.0334. The first-order valence-corrected chi connectivity index (χ1v) is 16.6. The van der Waals surface area contributed by atoms with Crippen LogP contribution in [0, 0.1) is 12.7 Å². The molecule has 1 aromatic carbocycles. The molecule has 0 aliphatic carbocycles. The van der Waals surface area contributed by atoms with Gasteiger partial charge < -0.3 is 25.0 Å². The van der Waals surface area contributed by atoms with Gasteiger partial charge in [-0.2, -0.15) is 28.2 Å². The first-order chi connectivity index (χ1) is 23.8. The number of anilines is 2. The van der Waals surface area contributed by atoms with Crippen LogP contribution in [0.4, 0.5) is 33.5 Å². The van der Waals surface area contributed by atoms with Crippen LogP contribution in [0.3, 0.4) is 0 Å². The molecule has 3 aromatic rings. The summed E-state index contributed by atoms with van der Waals surface area (Å²) in [7, 11) is 3.34. The Balaban J connectivity index is 1.27. The molecule has 6 heterocycles. The number of nitrogen functional groups attached to an aromatic ring is 1. The van der Waals surface area contributed by atoms with Crippen LogP contribution >= 0.6 is 0 Å². The number of amides is 1. The van der Waals surface area contributed by atoms with E-state index in [2.05, 4.69) is 10.00 Å². The third kappa shape index (κ3) is 6.05. The first kappa shape index (κ1) is 34.2. The number of halogens is 5. The summed E-state index contributed by atoms with van der Waals surface area (Å²) < 4.78 is 84.8. The number of benzene rings is 1. The molecule has 2 aromatic heterocycles. The number of nitrogens with two attached hydrogens (primary N) is 1. The standard InChI is InChI=1S/C34H39F5N8O3/c1-19-26-16-45(7-5-9-47(26)43-29(19)31(48)44(2)3)30-23-17-49-27(22-10-21(40)11-24(36)28(22)34(37,38)39)12-25(23)41-32(42-30)50-18-33-6-4-8-46(33)15-20(13-33)14-35/h10-11,14,27H,4-9,12-13,15-18,40H2,1-3H3/b20-14-/t27-,33-/m0/s1. The van der Waals surface area contributed by atoms with E-state index >= 15 is 0 Å². The van der Waals surface area contributed by atoms with Crippen molar-refractivity contribution in [3.05, 3.63) is 69.2 Å². The number of ether oxygens (including phenoxy) is 2. The van der Waals surface area contributed by atoms with Gasteiger partial charge in [0.15, 0.2) is 5.69 Å². The Hall–Kier alpha value is -4.31. The fourth-order valence-corrected chi connectivity index (χ4v) is 7.85. The molecule has 50 heavy (non-hydrogen) atoms. The fourth-order valence-electron chi connectivity index (χ4n) is 7.85. The van der Waals surface area contributed by atoms with E-state index in [1.807, 2.05) is 16.5 Å². The Labute approximate surface area is 285 Å². The molecule has 4 aliphatic rings. The number of carbonyl (C=O) groups excluding carboxylic acids is 1. The zero-order chi connectivity index (χ0) is 35.5. The Kier molecular flexibility index (Phi) is 8.73. The maximum atomic E-state index is 14.8. The Morgan fingerprint density at radius 1 is 1.18 bits per heavy atom. The van der Waals surface area contributed by atoms with E-state index in [0.717, 1.165) is 36.7 Å². The summed E-state index contributed by atoms with van der Waals surface area (Å²) in [5.74, 6) is -1.20. The molecular formula is C34H39F5N8O3. The van der Waals surface area contributed by atoms with Crippen molar-refractivity contribution in [2.75, 3.05) is 51.0 Å². The van der Waals surface area contributed by atoms with Crippen LogP contribution in [0.1, 0.15) is 75.9 Å². The smallest absolute Gasteiger partial charge is 0.419 e. The van der Waals surface area contributed by atoms with E-state index < -0.39 is 34.8 Å². The average molecular weight is 703 g/mol. The molecule has 0 radical (unpaired) electrons. The minimum Gasteiger partial charge on any atom is -0.461 e. The lowest BCUT2D eigenvalue weighted by atomic mass is 9.94. The van der Waals surface area contributed by atoms with Gasteiger partial charge in [0.1, 0.15) is 18.2 Å². The van der Waals surface area contributed by atoms with Crippen LogP contribution < -0.4 is 15.4 Å². The predicted octanol–water partition coefficient (Wildman–Crippen LogP) is 5.12. The quantitative estimate of drug-likeness (QED) is 0.276. The van der Waals surface area contributed by atoms with Crippen LogP contribution in [-0.4, -0.2) is 81.3 Å². The normalized spacial score (nSPS) is 23.1. The maximum Gasteiger partial charge on any atom is 0.419 e. The molecule has 11 nitrogen and oxygen atoms in total. The van der Waals surface area contributed by atoms with Crippen molar-refractivity contribution >= 4 is 17.4 Å². The topological polar surface area (TPSA) is 115 Å². The monoisotopic (exact) mass is 702 g/mol. The summed E-state index contributed by atoms with van der Waals surface area (Å²) in [4.78, 5) is 28.2. The molecule has 2 N–H and O–H groups in total. The molecule has 4 aliphatic heterocycles. The lowest BCUT2D eigenvalue weighted by Crippen LogP contribution is -2.43. The van der Waals surface area contributed by atoms with Gasteiger partial charge in [0.05, 0.1) is 48.1 Å². The summed E-state index contributed by atoms with van der Waals surface area (Å²) in [6, 6.07) is 1.78. The lowest BCUT2D eigenvalue weighted by Gasteiger charge is -2.33. The summed E-state index contributed by atoms with van der Waals surface area (Å²) >= 11 is 0. The Morgan fingerprint density at radius 3 is 2.72 bits per heavy atom. The zero-order valence-corrected chi connectivity index (χ0v) is 28.1. The molecule has 268 valence electrons. The number of fused-ring (bicyclic) bond motifs is 3. The number of hydrogen-bond donors (Lipinski definition) is 1. The fraction of sp³-hybridized carbons (Fsp3) is 0.529. The number of hydrogen-bond acceptors (Lipinski definition) is 9. The highest BCUT2D eigenvalue weighted by Gasteiger charge is 2.47. The highest BCUT2D eigenvalue weighted by Crippen LogP contribution is 2.44. The third-order valence-electron chi connectivity index (χ3n) is 10.3. The highest BCUT2D eigenvalue weighted by atomic mass is 19.4. The van der Waals surface area contributed by atoms with Crippen molar-refractivity contribution in [2.24, 2.45) is 0 Å². The van der Waals surface area contributed by atoms with Crippen LogP contribution in [-0.2, 0) is 37.0 Å². The molecule has 1 amide bonds. The summed E-state index contributed by atoms with van der Waals surface area (Å²) in [6.45, 7) is 4.69. The molecule has 0 saturated carbocycles. The van der Waals surface area contributed by atoms with Gasteiger partial charge in [0.2, 0.25) is 0 Å². The first-order valence-electron chi connectivity index (χ1n) is 16.6. The van der Waals surface area contributed by atoms with Gasteiger partial charge in [-0.1, -0.05) is 0 Å². The number of aryl methyl sites for hydroxylation is 1. The highest BCUT2D eigenvalue weighted by molar-refractivity contribution is 5.93. The molecular weight excluding hydrogens is 663 g/mol. The summed E-state index contributed by atoms with van der Waals surface area (Å²) in [6.07, 6.45) is -2.72. The summed E-state index contributed by atoms with van der Waals surface area (Å²) in [5.41, 5.74) is 7.01. The van der Waals surface area contributed by atoms with E-state index in [0.29, 0.717) is 79.8 Å². The van der Waals surface area contributed by atoms with Crippen LogP contribution in [0.5, 0.6) is 6.01 Å². The molecule has 0 bridgehead atoms. The van der Waals surface area contributed by atoms with Crippen LogP contribution in [0.2, 0.25) is 0 Å². The van der Waals surface area contributed by atoms with Crippen molar-refractivity contribution < 1.29 is 36.2 Å². The molecule has 16 heteroatoms. The molecule has 2 saturated heterocycles. The van der Waals surface area contributed by atoms with Crippen molar-refractivity contribution in [1.82, 2.24) is 29.5 Å². The third-order valence-corrected chi connectivity index (χ3v) is 10.3. The minimum atomic E-state index is -4.98. The van der Waals surface area contributed by atoms with Gasteiger partial charge in [-0.3, -0.25) is 14.4 Å². The Morgan fingerprint density at radius 2 is 1.98 bits per heavy atom. The number of rotatable bonds is 6. The number of nitrogens with zero attached hydrogens (tertiary/aromatic N) is 7. The van der Waals surface area contributed by atoms with Crippen molar-refractivity contribution in [3.8, 4) is 6.01 Å². The second-order valence-corrected chi connectivity index (χ2v) is 13.8. The molecule has 7 rings (SSSR count). The lowest BCUT2D eigenvalue weighted by molar-refractivity contribution is -0.142. The Bertz CT molecular complexity index is 1860. The van der Waals surface area contributed by atoms with Gasteiger partial charge in [-0.15, -0.1) is 0 Å². The second-order valence-electron chi connectivity index (χ2n) is 13.8. The van der Waals surface area contributed by atoms with Gasteiger partial charge >= 0.3 is 12.2 Å². The molecule has 2 atom stereocenters. The number of aromatic nitrogens is 4. The van der Waals surface area contributed by atoms with Crippen molar-refractivity contribution in [3.63, 3.8) is 0 Å². The maximum absolute atomic E-state index is 14.8. The van der Waals surface area contributed by atoms with Gasteiger partial charge in [-0.25, -0.2) is 8.78 Å². The largest absolute Gasteiger partial charge is 0.461 e. The average Bonchev–Trinajstić information content (AvgIpc) is 3.65. The summed E-state index contributed by atoms with van der Waals surface area (Å²) in [5, 5.41) is 4.62. The van der Waals surface area contributed by atoms with Gasteiger partial charge in [0, 0.05) is 57.0 Å². The number of alkyl halides is 3. The molecule has 2 fully saturated rings. The van der Waals surface area contributed by atoms with Gasteiger partial charge in [0.25, 0.3) is 5.91 Å². The molecule has 0 unspecified atom stereocenters. The second kappa shape index (κ2) is 12.8. The van der Waals surface area contributed by atoms with E-state index in [1.165, 1.54) is 4.90 Å². The van der Waals surface area contributed by atoms with Crippen LogP contribution in [0.15, 0.2) is 24.0 Å². The molecule has 0 spiro atoms. The number of carbonyl (C=O) groups is 1. The van der Waals surface area contributed by atoms with E-state index in [4.69, 9.17) is 25.2 Å².